The third kappa shape index (κ3) is 2.79. The van der Waals surface area contributed by atoms with Crippen LogP contribution in [0.25, 0.3) is 0 Å². The molecule has 1 heterocycles. The second-order valence-corrected chi connectivity index (χ2v) is 5.84. The number of aliphatic hydroxyl groups excluding tert-OH is 1. The minimum atomic E-state index is -0.748. The quantitative estimate of drug-likeness (QED) is 0.893. The highest BCUT2D eigenvalue weighted by molar-refractivity contribution is 6.16. The Kier molecular flexibility index (Phi) is 4.67. The first kappa shape index (κ1) is 17.5. The molecular formula is C20H19NO5. The molecule has 1 N–H and O–H groups in total. The minimum absolute atomic E-state index is 0.0612. The van der Waals surface area contributed by atoms with E-state index < -0.39 is 17.7 Å². The zero-order valence-electron chi connectivity index (χ0n) is 14.7. The number of methoxy groups -OCH3 is 2. The fourth-order valence-corrected chi connectivity index (χ4v) is 3.14. The Hall–Kier alpha value is -3.28. The Balaban J connectivity index is 2.18. The molecular weight excluding hydrogens is 334 g/mol. The van der Waals surface area contributed by atoms with Crippen molar-refractivity contribution in [1.82, 2.24) is 0 Å². The molecule has 2 aromatic rings. The second-order valence-electron chi connectivity index (χ2n) is 5.84. The van der Waals surface area contributed by atoms with Crippen molar-refractivity contribution in [2.45, 2.75) is 13.0 Å². The van der Waals surface area contributed by atoms with Crippen LogP contribution >= 0.6 is 0 Å². The molecule has 0 spiro atoms. The van der Waals surface area contributed by atoms with Crippen LogP contribution in [0.2, 0.25) is 0 Å². The lowest BCUT2D eigenvalue weighted by atomic mass is 9.96. The van der Waals surface area contributed by atoms with Crippen LogP contribution in [0.5, 0.6) is 11.5 Å². The summed E-state index contributed by atoms with van der Waals surface area (Å²) in [6, 6.07) is 13.2. The molecule has 0 radical (unpaired) electrons. The van der Waals surface area contributed by atoms with E-state index >= 15 is 0 Å². The van der Waals surface area contributed by atoms with Gasteiger partial charge in [-0.05, 0) is 36.8 Å². The number of hydrogen-bond acceptors (Lipinski definition) is 5. The summed E-state index contributed by atoms with van der Waals surface area (Å²) in [5.41, 5.74) is 1.22. The molecule has 0 unspecified atom stereocenters. The molecule has 134 valence electrons. The van der Waals surface area contributed by atoms with Gasteiger partial charge in [-0.15, -0.1) is 0 Å². The molecule has 26 heavy (non-hydrogen) atoms. The van der Waals surface area contributed by atoms with Crippen molar-refractivity contribution in [3.8, 4) is 11.5 Å². The van der Waals surface area contributed by atoms with Crippen LogP contribution in [0.4, 0.5) is 5.69 Å². The third-order valence-electron chi connectivity index (χ3n) is 4.36. The number of anilines is 1. The number of nitrogens with zero attached hydrogens (tertiary/aromatic N) is 1. The van der Waals surface area contributed by atoms with Gasteiger partial charge in [0.1, 0.15) is 11.5 Å². The molecule has 0 fully saturated rings. The summed E-state index contributed by atoms with van der Waals surface area (Å²) in [6.45, 7) is 1.33. The van der Waals surface area contributed by atoms with Gasteiger partial charge >= 0.3 is 0 Å². The molecule has 0 saturated heterocycles. The first-order chi connectivity index (χ1) is 12.5. The first-order valence-electron chi connectivity index (χ1n) is 8.04. The lowest BCUT2D eigenvalue weighted by Gasteiger charge is -2.28. The minimum Gasteiger partial charge on any atom is -0.503 e. The number of aliphatic hydroxyl groups is 1. The maximum absolute atomic E-state index is 12.8. The fourth-order valence-electron chi connectivity index (χ4n) is 3.14. The number of carbonyl (C=O) groups is 2. The summed E-state index contributed by atoms with van der Waals surface area (Å²) in [5, 5.41) is 10.4. The number of para-hydroxylation sites is 2. The van der Waals surface area contributed by atoms with Crippen molar-refractivity contribution in [3.05, 3.63) is 65.4 Å². The Morgan fingerprint density at radius 2 is 1.69 bits per heavy atom. The summed E-state index contributed by atoms with van der Waals surface area (Å²) in [6.07, 6.45) is 0. The van der Waals surface area contributed by atoms with E-state index in [9.17, 15) is 14.7 Å². The molecule has 0 aliphatic carbocycles. The highest BCUT2D eigenvalue weighted by Gasteiger charge is 2.44. The van der Waals surface area contributed by atoms with E-state index in [0.29, 0.717) is 22.7 Å². The highest BCUT2D eigenvalue weighted by Crippen LogP contribution is 2.44. The van der Waals surface area contributed by atoms with Gasteiger partial charge < -0.3 is 14.6 Å². The molecule has 1 atom stereocenters. The number of amides is 1. The molecule has 0 aromatic heterocycles. The zero-order valence-corrected chi connectivity index (χ0v) is 14.7. The van der Waals surface area contributed by atoms with Gasteiger partial charge in [0.25, 0.3) is 5.91 Å². The molecule has 2 aromatic carbocycles. The van der Waals surface area contributed by atoms with Crippen LogP contribution in [-0.2, 0) is 9.59 Å². The van der Waals surface area contributed by atoms with Crippen molar-refractivity contribution in [2.24, 2.45) is 0 Å². The summed E-state index contributed by atoms with van der Waals surface area (Å²) < 4.78 is 10.5. The van der Waals surface area contributed by atoms with Gasteiger partial charge in [0.15, 0.2) is 11.5 Å². The zero-order chi connectivity index (χ0) is 18.8. The van der Waals surface area contributed by atoms with E-state index in [1.807, 2.05) is 0 Å². The molecule has 1 aliphatic heterocycles. The molecule has 6 nitrogen and oxygen atoms in total. The smallest absolute Gasteiger partial charge is 0.294 e. The van der Waals surface area contributed by atoms with Crippen LogP contribution in [0.15, 0.2) is 59.9 Å². The molecule has 0 saturated carbocycles. The Bertz CT molecular complexity index is 885. The van der Waals surface area contributed by atoms with Gasteiger partial charge in [0, 0.05) is 0 Å². The van der Waals surface area contributed by atoms with Crippen LogP contribution in [0.1, 0.15) is 18.5 Å². The molecule has 1 amide bonds. The van der Waals surface area contributed by atoms with Gasteiger partial charge in [-0.25, -0.2) is 0 Å². The summed E-state index contributed by atoms with van der Waals surface area (Å²) >= 11 is 0. The van der Waals surface area contributed by atoms with Crippen LogP contribution in [0, 0.1) is 0 Å². The lowest BCUT2D eigenvalue weighted by molar-refractivity contribution is -0.117. The molecule has 1 aliphatic rings. The molecule has 3 rings (SSSR count). The van der Waals surface area contributed by atoms with Gasteiger partial charge in [-0.2, -0.15) is 0 Å². The van der Waals surface area contributed by atoms with Crippen molar-refractivity contribution in [2.75, 3.05) is 19.1 Å². The van der Waals surface area contributed by atoms with Crippen molar-refractivity contribution in [1.29, 1.82) is 0 Å². The Labute approximate surface area is 151 Å². The van der Waals surface area contributed by atoms with Crippen LogP contribution < -0.4 is 14.4 Å². The summed E-state index contributed by atoms with van der Waals surface area (Å²) in [5.74, 6) is -0.421. The van der Waals surface area contributed by atoms with Crippen molar-refractivity contribution >= 4 is 17.4 Å². The van der Waals surface area contributed by atoms with Gasteiger partial charge in [-0.3, -0.25) is 14.5 Å². The van der Waals surface area contributed by atoms with E-state index in [-0.39, 0.29) is 11.4 Å². The maximum Gasteiger partial charge on any atom is 0.294 e. The van der Waals surface area contributed by atoms with Crippen LogP contribution in [-0.4, -0.2) is 31.0 Å². The monoisotopic (exact) mass is 353 g/mol. The van der Waals surface area contributed by atoms with Gasteiger partial charge in [-0.1, -0.05) is 24.3 Å². The van der Waals surface area contributed by atoms with E-state index in [1.54, 1.807) is 55.6 Å². The molecule has 6 heteroatoms. The lowest BCUT2D eigenvalue weighted by Crippen LogP contribution is -2.31. The van der Waals surface area contributed by atoms with E-state index in [1.165, 1.54) is 18.9 Å². The number of hydrogen-bond donors (Lipinski definition) is 1. The van der Waals surface area contributed by atoms with Crippen molar-refractivity contribution < 1.29 is 24.2 Å². The number of carbonyl (C=O) groups excluding carboxylic acids is 2. The largest absolute Gasteiger partial charge is 0.503 e. The topological polar surface area (TPSA) is 76.1 Å². The average molecular weight is 353 g/mol. The number of rotatable bonds is 5. The first-order valence-corrected chi connectivity index (χ1v) is 8.04. The fraction of sp³-hybridized carbons (Fsp3) is 0.200. The van der Waals surface area contributed by atoms with Crippen molar-refractivity contribution in [3.63, 3.8) is 0 Å². The SMILES string of the molecule is COc1ccc([C@H]2C(C(C)=O)=C(O)C(=O)N2c2ccccc2OC)cc1. The highest BCUT2D eigenvalue weighted by atomic mass is 16.5. The number of ketones is 1. The number of ether oxygens (including phenoxy) is 2. The third-order valence-corrected chi connectivity index (χ3v) is 4.36. The Morgan fingerprint density at radius 3 is 2.27 bits per heavy atom. The second kappa shape index (κ2) is 6.92. The summed E-state index contributed by atoms with van der Waals surface area (Å²) in [4.78, 5) is 26.4. The standard InChI is InChI=1S/C20H19NO5/c1-12(22)17-18(13-8-10-14(25-2)11-9-13)21(20(24)19(17)23)15-6-4-5-7-16(15)26-3/h4-11,18,23H,1-3H3/t18-/m0/s1. The van der Waals surface area contributed by atoms with E-state index in [4.69, 9.17) is 9.47 Å². The van der Waals surface area contributed by atoms with E-state index in [0.717, 1.165) is 0 Å². The average Bonchev–Trinajstić information content (AvgIpc) is 2.93. The Morgan fingerprint density at radius 1 is 1.04 bits per heavy atom. The van der Waals surface area contributed by atoms with Crippen LogP contribution in [0.3, 0.4) is 0 Å². The van der Waals surface area contributed by atoms with Gasteiger partial charge in [0.2, 0.25) is 0 Å². The maximum atomic E-state index is 12.8. The normalized spacial score (nSPS) is 16.8. The molecule has 0 bridgehead atoms. The predicted molar refractivity (Wildman–Crippen MR) is 96.6 cm³/mol. The van der Waals surface area contributed by atoms with E-state index in [2.05, 4.69) is 0 Å². The summed E-state index contributed by atoms with van der Waals surface area (Å²) in [7, 11) is 3.06. The predicted octanol–water partition coefficient (Wildman–Crippen LogP) is 3.19. The number of benzene rings is 2. The van der Waals surface area contributed by atoms with Gasteiger partial charge in [0.05, 0.1) is 31.5 Å². The number of Topliss-reactive ketones (excluding diaryl/α,β-unsaturated/α-hetero) is 1.